The summed E-state index contributed by atoms with van der Waals surface area (Å²) in [6, 6.07) is 3.58. The molecule has 8 nitrogen and oxygen atoms in total. The molecule has 23 heavy (non-hydrogen) atoms. The Morgan fingerprint density at radius 3 is 2.96 bits per heavy atom. The molecule has 3 heterocycles. The van der Waals surface area contributed by atoms with Crippen LogP contribution in [0.2, 0.25) is 0 Å². The van der Waals surface area contributed by atoms with Gasteiger partial charge in [0.1, 0.15) is 0 Å². The third kappa shape index (κ3) is 4.17. The molecule has 0 unspecified atom stereocenters. The number of carbonyl (C=O) groups excluding carboxylic acids is 1. The van der Waals surface area contributed by atoms with Gasteiger partial charge in [-0.3, -0.25) is 14.4 Å². The lowest BCUT2D eigenvalue weighted by Crippen LogP contribution is -2.35. The largest absolute Gasteiger partial charge is 0.379 e. The topological polar surface area (TPSA) is 76.6 Å². The van der Waals surface area contributed by atoms with E-state index in [1.807, 2.05) is 12.3 Å². The molecule has 3 rings (SSSR count). The smallest absolute Gasteiger partial charge is 0.275 e. The van der Waals surface area contributed by atoms with E-state index in [0.29, 0.717) is 31.1 Å². The summed E-state index contributed by atoms with van der Waals surface area (Å²) >= 11 is 0. The molecular formula is C15H21N5O3. The quantitative estimate of drug-likeness (QED) is 0.770. The highest BCUT2D eigenvalue weighted by atomic mass is 16.5. The van der Waals surface area contributed by atoms with Crippen molar-refractivity contribution in [3.63, 3.8) is 0 Å². The van der Waals surface area contributed by atoms with Crippen LogP contribution < -0.4 is 0 Å². The predicted molar refractivity (Wildman–Crippen MR) is 81.8 cm³/mol. The minimum atomic E-state index is -0.144. The van der Waals surface area contributed by atoms with Crippen LogP contribution in [-0.2, 0) is 17.8 Å². The standard InChI is InChI=1S/C15H21N5O3/c1-18(5-6-20-4-2-3-16-20)15(21)14-11-13(23-17-14)12-19-7-9-22-10-8-19/h2-4,11H,5-10,12H2,1H3. The Morgan fingerprint density at radius 2 is 2.22 bits per heavy atom. The second-order valence-electron chi connectivity index (χ2n) is 5.56. The maximum absolute atomic E-state index is 12.3. The zero-order chi connectivity index (χ0) is 16.1. The summed E-state index contributed by atoms with van der Waals surface area (Å²) in [5, 5.41) is 8.02. The van der Waals surface area contributed by atoms with Gasteiger partial charge in [0.05, 0.1) is 26.3 Å². The molecular weight excluding hydrogens is 298 g/mol. The minimum absolute atomic E-state index is 0.144. The van der Waals surface area contributed by atoms with Crippen LogP contribution in [0, 0.1) is 0 Å². The number of hydrogen-bond acceptors (Lipinski definition) is 6. The molecule has 124 valence electrons. The van der Waals surface area contributed by atoms with Gasteiger partial charge in [-0.25, -0.2) is 0 Å². The lowest BCUT2D eigenvalue weighted by molar-refractivity contribution is 0.0305. The molecule has 0 bridgehead atoms. The molecule has 0 aliphatic carbocycles. The number of morpholine rings is 1. The van der Waals surface area contributed by atoms with E-state index in [9.17, 15) is 4.79 Å². The van der Waals surface area contributed by atoms with Crippen LogP contribution in [0.5, 0.6) is 0 Å². The Kier molecular flexibility index (Phi) is 5.04. The second-order valence-corrected chi connectivity index (χ2v) is 5.56. The molecule has 0 N–H and O–H groups in total. The normalized spacial score (nSPS) is 15.7. The summed E-state index contributed by atoms with van der Waals surface area (Å²) < 4.78 is 12.4. The van der Waals surface area contributed by atoms with Gasteiger partial charge in [0, 0.05) is 45.1 Å². The number of likely N-dealkylation sites (N-methyl/N-ethyl adjacent to an activating group) is 1. The van der Waals surface area contributed by atoms with Gasteiger partial charge in [0.15, 0.2) is 11.5 Å². The van der Waals surface area contributed by atoms with Gasteiger partial charge in [-0.2, -0.15) is 5.10 Å². The molecule has 1 fully saturated rings. The maximum Gasteiger partial charge on any atom is 0.275 e. The Balaban J connectivity index is 1.52. The SMILES string of the molecule is CN(CCn1cccn1)C(=O)c1cc(CN2CCOCC2)on1. The molecule has 1 aliphatic heterocycles. The van der Waals surface area contributed by atoms with Gasteiger partial charge in [-0.1, -0.05) is 5.16 Å². The van der Waals surface area contributed by atoms with Crippen molar-refractivity contribution in [2.24, 2.45) is 0 Å². The average molecular weight is 319 g/mol. The lowest BCUT2D eigenvalue weighted by Gasteiger charge is -2.25. The summed E-state index contributed by atoms with van der Waals surface area (Å²) in [5.74, 6) is 0.560. The van der Waals surface area contributed by atoms with Gasteiger partial charge in [-0.15, -0.1) is 0 Å². The van der Waals surface area contributed by atoms with Crippen molar-refractivity contribution in [2.75, 3.05) is 39.9 Å². The molecule has 1 saturated heterocycles. The Labute approximate surface area is 134 Å². The zero-order valence-corrected chi connectivity index (χ0v) is 13.2. The van der Waals surface area contributed by atoms with Crippen LogP contribution in [0.25, 0.3) is 0 Å². The van der Waals surface area contributed by atoms with Gasteiger partial charge in [-0.05, 0) is 6.07 Å². The van der Waals surface area contributed by atoms with Gasteiger partial charge in [0.2, 0.25) is 0 Å². The van der Waals surface area contributed by atoms with E-state index in [-0.39, 0.29) is 5.91 Å². The fraction of sp³-hybridized carbons (Fsp3) is 0.533. The number of nitrogens with zero attached hydrogens (tertiary/aromatic N) is 5. The van der Waals surface area contributed by atoms with E-state index in [1.54, 1.807) is 28.9 Å². The average Bonchev–Trinajstić information content (AvgIpc) is 3.24. The predicted octanol–water partition coefficient (Wildman–Crippen LogP) is 0.476. The van der Waals surface area contributed by atoms with Crippen LogP contribution in [0.3, 0.4) is 0 Å². The first kappa shape index (κ1) is 15.7. The van der Waals surface area contributed by atoms with Crippen LogP contribution >= 0.6 is 0 Å². The van der Waals surface area contributed by atoms with Gasteiger partial charge in [0.25, 0.3) is 5.91 Å². The van der Waals surface area contributed by atoms with Crippen molar-refractivity contribution in [3.05, 3.63) is 36.0 Å². The summed E-state index contributed by atoms with van der Waals surface area (Å²) in [5.41, 5.74) is 0.344. The molecule has 0 atom stereocenters. The number of hydrogen-bond donors (Lipinski definition) is 0. The van der Waals surface area contributed by atoms with E-state index in [1.165, 1.54) is 0 Å². The molecule has 1 aliphatic rings. The van der Waals surface area contributed by atoms with Crippen molar-refractivity contribution >= 4 is 5.91 Å². The second kappa shape index (κ2) is 7.38. The van der Waals surface area contributed by atoms with Crippen molar-refractivity contribution in [1.82, 2.24) is 24.7 Å². The van der Waals surface area contributed by atoms with E-state index in [0.717, 1.165) is 26.3 Å². The summed E-state index contributed by atoms with van der Waals surface area (Å²) in [4.78, 5) is 16.2. The van der Waals surface area contributed by atoms with E-state index in [2.05, 4.69) is 15.2 Å². The number of rotatable bonds is 6. The van der Waals surface area contributed by atoms with Gasteiger partial charge < -0.3 is 14.2 Å². The third-order valence-corrected chi connectivity index (χ3v) is 3.83. The third-order valence-electron chi connectivity index (χ3n) is 3.83. The van der Waals surface area contributed by atoms with Crippen LogP contribution in [-0.4, -0.2) is 70.5 Å². The molecule has 0 aromatic carbocycles. The Bertz CT molecular complexity index is 619. The molecule has 1 amide bonds. The highest BCUT2D eigenvalue weighted by Gasteiger charge is 2.19. The fourth-order valence-corrected chi connectivity index (χ4v) is 2.45. The summed E-state index contributed by atoms with van der Waals surface area (Å²) in [7, 11) is 1.75. The van der Waals surface area contributed by atoms with Crippen LogP contribution in [0.1, 0.15) is 16.2 Å². The Morgan fingerprint density at radius 1 is 1.39 bits per heavy atom. The number of aromatic nitrogens is 3. The van der Waals surface area contributed by atoms with Crippen molar-refractivity contribution < 1.29 is 14.1 Å². The van der Waals surface area contributed by atoms with E-state index >= 15 is 0 Å². The molecule has 2 aromatic rings. The Hall–Kier alpha value is -2.19. The van der Waals surface area contributed by atoms with E-state index in [4.69, 9.17) is 9.26 Å². The number of ether oxygens (including phenoxy) is 1. The summed E-state index contributed by atoms with van der Waals surface area (Å²) in [6.07, 6.45) is 3.59. The minimum Gasteiger partial charge on any atom is -0.379 e. The van der Waals surface area contributed by atoms with Crippen molar-refractivity contribution in [3.8, 4) is 0 Å². The van der Waals surface area contributed by atoms with Crippen LogP contribution in [0.4, 0.5) is 0 Å². The fourth-order valence-electron chi connectivity index (χ4n) is 2.45. The molecule has 8 heteroatoms. The first-order valence-corrected chi connectivity index (χ1v) is 7.71. The highest BCUT2D eigenvalue weighted by Crippen LogP contribution is 2.10. The zero-order valence-electron chi connectivity index (χ0n) is 13.2. The molecule has 0 radical (unpaired) electrons. The molecule has 0 saturated carbocycles. The molecule has 2 aromatic heterocycles. The van der Waals surface area contributed by atoms with E-state index < -0.39 is 0 Å². The number of carbonyl (C=O) groups is 1. The maximum atomic E-state index is 12.3. The number of amides is 1. The lowest BCUT2D eigenvalue weighted by atomic mass is 10.3. The highest BCUT2D eigenvalue weighted by molar-refractivity contribution is 5.92. The monoisotopic (exact) mass is 319 g/mol. The summed E-state index contributed by atoms with van der Waals surface area (Å²) in [6.45, 7) is 5.06. The van der Waals surface area contributed by atoms with Crippen molar-refractivity contribution in [2.45, 2.75) is 13.1 Å². The van der Waals surface area contributed by atoms with Crippen molar-refractivity contribution in [1.29, 1.82) is 0 Å². The van der Waals surface area contributed by atoms with Crippen LogP contribution in [0.15, 0.2) is 29.0 Å². The molecule has 0 spiro atoms. The first-order valence-electron chi connectivity index (χ1n) is 7.71. The van der Waals surface area contributed by atoms with Gasteiger partial charge >= 0.3 is 0 Å². The first-order chi connectivity index (χ1) is 11.2.